The molecule has 0 N–H and O–H groups in total. The molecule has 0 aliphatic heterocycles. The third kappa shape index (κ3) is 5.73. The van der Waals surface area contributed by atoms with Gasteiger partial charge in [0, 0.05) is 24.7 Å². The van der Waals surface area contributed by atoms with Crippen LogP contribution in [0.4, 0.5) is 22.0 Å². The minimum absolute atomic E-state index is 0.0165. The molecule has 5 rings (SSSR count). The molecule has 0 atom stereocenters. The zero-order chi connectivity index (χ0) is 27.7. The number of benzene rings is 1. The van der Waals surface area contributed by atoms with Crippen molar-refractivity contribution in [2.45, 2.75) is 38.2 Å². The fourth-order valence-electron chi connectivity index (χ4n) is 3.92. The van der Waals surface area contributed by atoms with Crippen LogP contribution in [0.1, 0.15) is 35.7 Å². The van der Waals surface area contributed by atoms with E-state index in [-0.39, 0.29) is 47.2 Å². The molecule has 14 heteroatoms. The molecule has 0 amide bonds. The Hall–Kier alpha value is -4.36. The maximum Gasteiger partial charge on any atom is 0.434 e. The lowest BCUT2D eigenvalue weighted by Crippen LogP contribution is -2.09. The fraction of sp³-hybridized carbons (Fsp3) is 0.320. The summed E-state index contributed by atoms with van der Waals surface area (Å²) in [6.45, 7) is -3.09. The summed E-state index contributed by atoms with van der Waals surface area (Å²) in [4.78, 5) is 20.4. The van der Waals surface area contributed by atoms with E-state index in [4.69, 9.17) is 9.47 Å². The molecule has 0 saturated heterocycles. The number of aryl methyl sites for hydroxylation is 1. The van der Waals surface area contributed by atoms with Crippen molar-refractivity contribution in [1.29, 1.82) is 0 Å². The SMILES string of the molecule is COc1cnc(-c2c(OC(F)F)ncnc2C2CC2)nc1OCc1ccc(-c2nc(C(F)(F)F)cn2C)cc1. The quantitative estimate of drug-likeness (QED) is 0.256. The van der Waals surface area contributed by atoms with Crippen molar-refractivity contribution in [1.82, 2.24) is 29.5 Å². The van der Waals surface area contributed by atoms with Crippen molar-refractivity contribution < 1.29 is 36.2 Å². The number of methoxy groups -OCH3 is 1. The topological polar surface area (TPSA) is 97.1 Å². The lowest BCUT2D eigenvalue weighted by atomic mass is 10.1. The minimum atomic E-state index is -4.54. The molecule has 0 spiro atoms. The number of aromatic nitrogens is 6. The highest BCUT2D eigenvalue weighted by Crippen LogP contribution is 2.45. The summed E-state index contributed by atoms with van der Waals surface area (Å²) in [6, 6.07) is 6.61. The van der Waals surface area contributed by atoms with Gasteiger partial charge in [0.1, 0.15) is 24.3 Å². The molecule has 1 saturated carbocycles. The zero-order valence-corrected chi connectivity index (χ0v) is 20.6. The summed E-state index contributed by atoms with van der Waals surface area (Å²) in [5.74, 6) is 0.159. The van der Waals surface area contributed by atoms with Gasteiger partial charge in [0.05, 0.1) is 19.0 Å². The molecule has 1 aliphatic rings. The molecular weight excluding hydrogens is 527 g/mol. The average Bonchev–Trinajstić information content (AvgIpc) is 3.67. The van der Waals surface area contributed by atoms with E-state index >= 15 is 0 Å². The van der Waals surface area contributed by atoms with Crippen LogP contribution in [0.15, 0.2) is 43.0 Å². The largest absolute Gasteiger partial charge is 0.490 e. The van der Waals surface area contributed by atoms with E-state index in [1.54, 1.807) is 24.3 Å². The first-order valence-electron chi connectivity index (χ1n) is 11.7. The predicted octanol–water partition coefficient (Wildman–Crippen LogP) is 5.42. The van der Waals surface area contributed by atoms with Gasteiger partial charge in [-0.25, -0.2) is 19.9 Å². The summed E-state index contributed by atoms with van der Waals surface area (Å²) in [5, 5.41) is 0. The molecule has 9 nitrogen and oxygen atoms in total. The first-order valence-corrected chi connectivity index (χ1v) is 11.7. The van der Waals surface area contributed by atoms with E-state index < -0.39 is 18.5 Å². The van der Waals surface area contributed by atoms with Crippen molar-refractivity contribution in [2.75, 3.05) is 7.11 Å². The maximum atomic E-state index is 13.1. The van der Waals surface area contributed by atoms with Crippen LogP contribution in [0.3, 0.4) is 0 Å². The third-order valence-corrected chi connectivity index (χ3v) is 5.93. The smallest absolute Gasteiger partial charge is 0.434 e. The molecule has 4 aromatic rings. The van der Waals surface area contributed by atoms with Gasteiger partial charge in [0.25, 0.3) is 5.88 Å². The van der Waals surface area contributed by atoms with Gasteiger partial charge in [0.15, 0.2) is 17.3 Å². The van der Waals surface area contributed by atoms with Crippen molar-refractivity contribution in [2.24, 2.45) is 7.05 Å². The summed E-state index contributed by atoms with van der Waals surface area (Å²) in [6.07, 6.45) is 0.559. The number of imidazole rings is 1. The first-order chi connectivity index (χ1) is 18.6. The second-order valence-electron chi connectivity index (χ2n) is 8.70. The highest BCUT2D eigenvalue weighted by molar-refractivity contribution is 5.66. The van der Waals surface area contributed by atoms with Crippen LogP contribution in [-0.4, -0.2) is 43.2 Å². The molecular formula is C25H21F5N6O3. The Bertz CT molecular complexity index is 1470. The predicted molar refractivity (Wildman–Crippen MR) is 126 cm³/mol. The molecule has 204 valence electrons. The minimum Gasteiger partial charge on any atom is -0.490 e. The average molecular weight is 548 g/mol. The van der Waals surface area contributed by atoms with Crippen LogP contribution in [0.5, 0.6) is 17.5 Å². The standard InChI is InChI=1S/C25H21F5N6O3/c1-36-10-17(25(28,29)30)34-21(36)15-5-3-13(4-6-15)11-38-22-16(37-2)9-31-20(35-22)18-19(14-7-8-14)32-12-33-23(18)39-24(26)27/h3-6,9-10,12,14,24H,7-8,11H2,1-2H3. The summed E-state index contributed by atoms with van der Waals surface area (Å²) >= 11 is 0. The molecule has 0 radical (unpaired) electrons. The Labute approximate surface area is 218 Å². The monoisotopic (exact) mass is 548 g/mol. The summed E-state index contributed by atoms with van der Waals surface area (Å²) in [7, 11) is 2.88. The number of hydrogen-bond acceptors (Lipinski definition) is 8. The summed E-state index contributed by atoms with van der Waals surface area (Å²) < 4.78 is 82.2. The van der Waals surface area contributed by atoms with Crippen molar-refractivity contribution >= 4 is 0 Å². The Morgan fingerprint density at radius 3 is 2.38 bits per heavy atom. The highest BCUT2D eigenvalue weighted by Gasteiger charge is 2.35. The van der Waals surface area contributed by atoms with Gasteiger partial charge in [-0.15, -0.1) is 0 Å². The molecule has 3 aromatic heterocycles. The van der Waals surface area contributed by atoms with E-state index in [1.807, 2.05) is 0 Å². The van der Waals surface area contributed by atoms with E-state index in [2.05, 4.69) is 29.7 Å². The first kappa shape index (κ1) is 26.3. The van der Waals surface area contributed by atoms with Gasteiger partial charge in [-0.1, -0.05) is 24.3 Å². The second kappa shape index (κ2) is 10.4. The molecule has 0 unspecified atom stereocenters. The molecule has 3 heterocycles. The summed E-state index contributed by atoms with van der Waals surface area (Å²) in [5.41, 5.74) is 0.854. The van der Waals surface area contributed by atoms with Crippen molar-refractivity contribution in [3.8, 4) is 40.3 Å². The molecule has 39 heavy (non-hydrogen) atoms. The van der Waals surface area contributed by atoms with Gasteiger partial charge in [-0.2, -0.15) is 26.9 Å². The van der Waals surface area contributed by atoms with Gasteiger partial charge in [-0.05, 0) is 18.4 Å². The van der Waals surface area contributed by atoms with Gasteiger partial charge < -0.3 is 18.8 Å². The van der Waals surface area contributed by atoms with Crippen LogP contribution in [-0.2, 0) is 19.8 Å². The molecule has 1 aliphatic carbocycles. The van der Waals surface area contributed by atoms with Gasteiger partial charge in [0.2, 0.25) is 5.88 Å². The Morgan fingerprint density at radius 1 is 1.03 bits per heavy atom. The van der Waals surface area contributed by atoms with Crippen LogP contribution in [0.2, 0.25) is 0 Å². The van der Waals surface area contributed by atoms with Crippen LogP contribution < -0.4 is 14.2 Å². The number of ether oxygens (including phenoxy) is 3. The third-order valence-electron chi connectivity index (χ3n) is 5.93. The van der Waals surface area contributed by atoms with Crippen LogP contribution in [0.25, 0.3) is 22.8 Å². The van der Waals surface area contributed by atoms with Crippen LogP contribution >= 0.6 is 0 Å². The number of nitrogens with zero attached hydrogens (tertiary/aromatic N) is 6. The Kier molecular flexibility index (Phi) is 7.02. The molecule has 0 bridgehead atoms. The van der Waals surface area contributed by atoms with Crippen molar-refractivity contribution in [3.63, 3.8) is 0 Å². The molecule has 1 aromatic carbocycles. The fourth-order valence-corrected chi connectivity index (χ4v) is 3.92. The number of hydrogen-bond donors (Lipinski definition) is 0. The number of halogens is 5. The normalized spacial score (nSPS) is 13.5. The Balaban J connectivity index is 1.39. The zero-order valence-electron chi connectivity index (χ0n) is 20.6. The lowest BCUT2D eigenvalue weighted by molar-refractivity contribution is -0.140. The second-order valence-corrected chi connectivity index (χ2v) is 8.70. The number of rotatable bonds is 9. The Morgan fingerprint density at radius 2 is 1.77 bits per heavy atom. The van der Waals surface area contributed by atoms with Gasteiger partial charge in [-0.3, -0.25) is 0 Å². The van der Waals surface area contributed by atoms with Crippen molar-refractivity contribution in [3.05, 3.63) is 59.9 Å². The van der Waals surface area contributed by atoms with E-state index in [1.165, 1.54) is 24.9 Å². The highest BCUT2D eigenvalue weighted by atomic mass is 19.4. The van der Waals surface area contributed by atoms with E-state index in [0.29, 0.717) is 16.8 Å². The van der Waals surface area contributed by atoms with Crippen LogP contribution in [0, 0.1) is 0 Å². The van der Waals surface area contributed by atoms with E-state index in [9.17, 15) is 22.0 Å². The molecule has 1 fully saturated rings. The number of alkyl halides is 5. The van der Waals surface area contributed by atoms with E-state index in [0.717, 1.165) is 25.4 Å². The van der Waals surface area contributed by atoms with Gasteiger partial charge >= 0.3 is 12.8 Å². The maximum absolute atomic E-state index is 13.1. The lowest BCUT2D eigenvalue weighted by Gasteiger charge is -2.14.